The van der Waals surface area contributed by atoms with Crippen LogP contribution < -0.4 is 10.1 Å². The fraction of sp³-hybridized carbons (Fsp3) is 0.650. The van der Waals surface area contributed by atoms with Gasteiger partial charge in [-0.25, -0.2) is 0 Å². The summed E-state index contributed by atoms with van der Waals surface area (Å²) >= 11 is 4.22. The van der Waals surface area contributed by atoms with Crippen molar-refractivity contribution >= 4 is 35.1 Å². The molecule has 4 nitrogen and oxygen atoms in total. The van der Waals surface area contributed by atoms with Gasteiger partial charge in [0.25, 0.3) is 0 Å². The first-order valence-corrected chi connectivity index (χ1v) is 11.9. The predicted molar refractivity (Wildman–Crippen MR) is 114 cm³/mol. The molecule has 0 saturated carbocycles. The van der Waals surface area contributed by atoms with Crippen molar-refractivity contribution < 1.29 is 9.53 Å². The van der Waals surface area contributed by atoms with E-state index in [4.69, 9.17) is 4.74 Å². The third-order valence-electron chi connectivity index (χ3n) is 5.29. The summed E-state index contributed by atoms with van der Waals surface area (Å²) in [5.41, 5.74) is 0.813. The molecule has 1 amide bonds. The van der Waals surface area contributed by atoms with Crippen LogP contribution in [-0.4, -0.2) is 60.1 Å². The van der Waals surface area contributed by atoms with E-state index in [1.807, 2.05) is 24.3 Å². The Kier molecular flexibility index (Phi) is 8.02. The summed E-state index contributed by atoms with van der Waals surface area (Å²) in [5, 5.41) is 2.99. The van der Waals surface area contributed by atoms with E-state index in [2.05, 4.69) is 33.7 Å². The second-order valence-corrected chi connectivity index (χ2v) is 9.40. The zero-order valence-corrected chi connectivity index (χ0v) is 17.2. The Morgan fingerprint density at radius 3 is 2.65 bits per heavy atom. The van der Waals surface area contributed by atoms with E-state index in [9.17, 15) is 4.79 Å². The highest BCUT2D eigenvalue weighted by Crippen LogP contribution is 2.27. The van der Waals surface area contributed by atoms with Crippen LogP contribution in [0.4, 0.5) is 5.69 Å². The Morgan fingerprint density at radius 2 is 1.96 bits per heavy atom. The highest BCUT2D eigenvalue weighted by molar-refractivity contribution is 8.03. The van der Waals surface area contributed by atoms with Gasteiger partial charge in [-0.1, -0.05) is 6.07 Å². The van der Waals surface area contributed by atoms with Gasteiger partial charge in [0.05, 0.1) is 7.11 Å². The van der Waals surface area contributed by atoms with Crippen LogP contribution in [0.1, 0.15) is 25.7 Å². The fourth-order valence-electron chi connectivity index (χ4n) is 3.68. The second kappa shape index (κ2) is 10.5. The monoisotopic (exact) mass is 394 g/mol. The predicted octanol–water partition coefficient (Wildman–Crippen LogP) is 3.97. The third kappa shape index (κ3) is 6.10. The molecule has 3 rings (SSSR count). The summed E-state index contributed by atoms with van der Waals surface area (Å²) in [6.45, 7) is 2.40. The molecule has 2 heterocycles. The number of carbonyl (C=O) groups excluding carboxylic acids is 1. The van der Waals surface area contributed by atoms with Crippen LogP contribution in [0.5, 0.6) is 5.75 Å². The second-order valence-electron chi connectivity index (χ2n) is 7.10. The molecule has 2 aliphatic rings. The summed E-state index contributed by atoms with van der Waals surface area (Å²) < 4.78 is 5.20. The number of benzene rings is 1. The molecule has 6 heteroatoms. The molecule has 1 aromatic rings. The first-order valence-electron chi connectivity index (χ1n) is 9.58. The topological polar surface area (TPSA) is 41.6 Å². The normalized spacial score (nSPS) is 20.5. The first kappa shape index (κ1) is 19.9. The smallest absolute Gasteiger partial charge is 0.224 e. The minimum absolute atomic E-state index is 0.109. The molecule has 0 unspecified atom stereocenters. The maximum atomic E-state index is 12.2. The Balaban J connectivity index is 1.37. The van der Waals surface area contributed by atoms with Crippen molar-refractivity contribution in [3.05, 3.63) is 24.3 Å². The van der Waals surface area contributed by atoms with Crippen LogP contribution in [0.25, 0.3) is 0 Å². The van der Waals surface area contributed by atoms with Crippen LogP contribution in [0.3, 0.4) is 0 Å². The SMILES string of the molecule is COc1cccc(NC(=O)CCC2CCN(C3CSCCSC3)CC2)c1. The van der Waals surface area contributed by atoms with Crippen LogP contribution >= 0.6 is 23.5 Å². The number of piperidine rings is 1. The summed E-state index contributed by atoms with van der Waals surface area (Å²) in [6, 6.07) is 8.30. The van der Waals surface area contributed by atoms with Crippen molar-refractivity contribution in [2.45, 2.75) is 31.7 Å². The molecule has 0 aromatic heterocycles. The molecule has 2 fully saturated rings. The zero-order valence-electron chi connectivity index (χ0n) is 15.6. The molecule has 2 saturated heterocycles. The van der Waals surface area contributed by atoms with Gasteiger partial charge in [0.2, 0.25) is 5.91 Å². The van der Waals surface area contributed by atoms with Gasteiger partial charge < -0.3 is 10.1 Å². The van der Waals surface area contributed by atoms with Gasteiger partial charge in [-0.2, -0.15) is 23.5 Å². The maximum absolute atomic E-state index is 12.2. The Bertz CT molecular complexity index is 569. The van der Waals surface area contributed by atoms with Gasteiger partial charge in [0, 0.05) is 47.2 Å². The summed E-state index contributed by atoms with van der Waals surface area (Å²) in [7, 11) is 1.64. The number of ether oxygens (including phenoxy) is 1. The molecule has 0 bridgehead atoms. The lowest BCUT2D eigenvalue weighted by molar-refractivity contribution is -0.116. The number of nitrogens with one attached hydrogen (secondary N) is 1. The molecule has 144 valence electrons. The van der Waals surface area contributed by atoms with Crippen LogP contribution in [0.2, 0.25) is 0 Å². The number of nitrogens with zero attached hydrogens (tertiary/aromatic N) is 1. The van der Waals surface area contributed by atoms with Gasteiger partial charge in [-0.15, -0.1) is 0 Å². The molecule has 2 aliphatic heterocycles. The molecule has 0 aliphatic carbocycles. The van der Waals surface area contributed by atoms with Gasteiger partial charge in [-0.3, -0.25) is 9.69 Å². The van der Waals surface area contributed by atoms with Crippen LogP contribution in [-0.2, 0) is 4.79 Å². The van der Waals surface area contributed by atoms with Crippen molar-refractivity contribution in [1.82, 2.24) is 4.90 Å². The summed E-state index contributed by atoms with van der Waals surface area (Å²) in [6.07, 6.45) is 4.07. The van der Waals surface area contributed by atoms with Crippen LogP contribution in [0, 0.1) is 5.92 Å². The highest BCUT2D eigenvalue weighted by atomic mass is 32.2. The molecular formula is C20H30N2O2S2. The maximum Gasteiger partial charge on any atom is 0.224 e. The third-order valence-corrected chi connectivity index (χ3v) is 7.78. The number of amides is 1. The Hall–Kier alpha value is -0.850. The molecule has 0 radical (unpaired) electrons. The molecule has 0 atom stereocenters. The van der Waals surface area contributed by atoms with Crippen molar-refractivity contribution in [1.29, 1.82) is 0 Å². The lowest BCUT2D eigenvalue weighted by Crippen LogP contribution is -2.44. The van der Waals surface area contributed by atoms with Gasteiger partial charge in [0.15, 0.2) is 0 Å². The number of likely N-dealkylation sites (tertiary alicyclic amines) is 1. The van der Waals surface area contributed by atoms with Crippen molar-refractivity contribution in [2.24, 2.45) is 5.92 Å². The average Bonchev–Trinajstić information content (AvgIpc) is 2.96. The average molecular weight is 395 g/mol. The Labute approximate surface area is 165 Å². The van der Waals surface area contributed by atoms with E-state index in [1.165, 1.54) is 48.9 Å². The van der Waals surface area contributed by atoms with E-state index < -0.39 is 0 Å². The van der Waals surface area contributed by atoms with Crippen molar-refractivity contribution in [3.63, 3.8) is 0 Å². The van der Waals surface area contributed by atoms with E-state index in [1.54, 1.807) is 7.11 Å². The highest BCUT2D eigenvalue weighted by Gasteiger charge is 2.26. The van der Waals surface area contributed by atoms with Gasteiger partial charge >= 0.3 is 0 Å². The number of rotatable bonds is 6. The van der Waals surface area contributed by atoms with Gasteiger partial charge in [0.1, 0.15) is 5.75 Å². The summed E-state index contributed by atoms with van der Waals surface area (Å²) in [5.74, 6) is 6.76. The van der Waals surface area contributed by atoms with Crippen molar-refractivity contribution in [3.8, 4) is 5.75 Å². The number of hydrogen-bond donors (Lipinski definition) is 1. The Morgan fingerprint density at radius 1 is 1.23 bits per heavy atom. The largest absolute Gasteiger partial charge is 0.497 e. The van der Waals surface area contributed by atoms with E-state index in [0.717, 1.165) is 23.9 Å². The number of anilines is 1. The fourth-order valence-corrected chi connectivity index (χ4v) is 6.31. The van der Waals surface area contributed by atoms with E-state index in [-0.39, 0.29) is 5.91 Å². The molecular weight excluding hydrogens is 364 g/mol. The molecule has 1 aromatic carbocycles. The van der Waals surface area contributed by atoms with Crippen LogP contribution in [0.15, 0.2) is 24.3 Å². The minimum Gasteiger partial charge on any atom is -0.497 e. The molecule has 26 heavy (non-hydrogen) atoms. The lowest BCUT2D eigenvalue weighted by Gasteiger charge is -2.37. The standard InChI is InChI=1S/C20H30N2O2S2/c1-24-19-4-2-3-17(13-19)21-20(23)6-5-16-7-9-22(10-8-16)18-14-25-11-12-26-15-18/h2-4,13,16,18H,5-12,14-15H2,1H3,(H,21,23). The minimum atomic E-state index is 0.109. The van der Waals surface area contributed by atoms with Gasteiger partial charge in [-0.05, 0) is 50.4 Å². The summed E-state index contributed by atoms with van der Waals surface area (Å²) in [4.78, 5) is 14.9. The number of thioether (sulfide) groups is 2. The van der Waals surface area contributed by atoms with E-state index in [0.29, 0.717) is 12.3 Å². The number of hydrogen-bond acceptors (Lipinski definition) is 5. The van der Waals surface area contributed by atoms with Crippen molar-refractivity contribution in [2.75, 3.05) is 48.5 Å². The quantitative estimate of drug-likeness (QED) is 0.791. The molecule has 1 N–H and O–H groups in total. The number of methoxy groups -OCH3 is 1. The molecule has 0 spiro atoms. The zero-order chi connectivity index (χ0) is 18.2. The number of carbonyl (C=O) groups is 1. The first-order chi connectivity index (χ1) is 12.7. The van der Waals surface area contributed by atoms with E-state index >= 15 is 0 Å². The lowest BCUT2D eigenvalue weighted by atomic mass is 9.91.